The lowest BCUT2D eigenvalue weighted by Gasteiger charge is -2.16. The fraction of sp³-hybridized carbons (Fsp3) is 0.500. The lowest BCUT2D eigenvalue weighted by molar-refractivity contribution is -0.129. The van der Waals surface area contributed by atoms with Gasteiger partial charge in [-0.1, -0.05) is 12.1 Å². The Bertz CT molecular complexity index is 700. The summed E-state index contributed by atoms with van der Waals surface area (Å²) in [5.74, 6) is -0.340. The quantitative estimate of drug-likeness (QED) is 0.822. The Morgan fingerprint density at radius 2 is 2.09 bits per heavy atom. The molecule has 1 aromatic carbocycles. The number of primary amides is 1. The molecule has 2 N–H and O–H groups in total. The van der Waals surface area contributed by atoms with E-state index >= 15 is 0 Å². The van der Waals surface area contributed by atoms with Crippen molar-refractivity contribution in [3.63, 3.8) is 0 Å². The molecule has 0 spiro atoms. The first-order valence-corrected chi connectivity index (χ1v) is 9.65. The molecular formula is C16H22N2O4S. The minimum absolute atomic E-state index is 0.0444. The van der Waals surface area contributed by atoms with Gasteiger partial charge in [0.05, 0.1) is 5.75 Å². The molecule has 0 aliphatic carbocycles. The number of hydrogen-bond acceptors (Lipinski definition) is 4. The van der Waals surface area contributed by atoms with Crippen molar-refractivity contribution in [2.24, 2.45) is 11.7 Å². The van der Waals surface area contributed by atoms with Crippen molar-refractivity contribution >= 4 is 21.7 Å². The predicted molar refractivity (Wildman–Crippen MR) is 87.7 cm³/mol. The summed E-state index contributed by atoms with van der Waals surface area (Å²) in [7, 11) is -3.12. The number of sulfone groups is 1. The van der Waals surface area contributed by atoms with Gasteiger partial charge in [-0.25, -0.2) is 8.42 Å². The number of hydrogen-bond donors (Lipinski definition) is 1. The van der Waals surface area contributed by atoms with Crippen LogP contribution in [0.1, 0.15) is 28.8 Å². The van der Waals surface area contributed by atoms with Gasteiger partial charge in [0, 0.05) is 31.3 Å². The van der Waals surface area contributed by atoms with E-state index in [1.165, 1.54) is 0 Å². The zero-order chi connectivity index (χ0) is 17.0. The van der Waals surface area contributed by atoms with Gasteiger partial charge in [0.25, 0.3) is 0 Å². The number of benzene rings is 1. The molecule has 0 saturated carbocycles. The Balaban J connectivity index is 1.89. The molecule has 0 aromatic heterocycles. The standard InChI is InChI=1S/C16H22N2O4S/c1-23(21,22)8-6-15(19)18-7-5-13(11-18)9-12-3-2-4-14(10-12)16(17)20/h2-4,10,13H,5-9,11H2,1H3,(H2,17,20)/t13-/m0/s1. The Labute approximate surface area is 136 Å². The third kappa shape index (κ3) is 5.35. The first-order valence-electron chi connectivity index (χ1n) is 7.59. The maximum absolute atomic E-state index is 12.0. The third-order valence-corrected chi connectivity index (χ3v) is 5.01. The second kappa shape index (κ2) is 7.12. The zero-order valence-electron chi connectivity index (χ0n) is 13.2. The van der Waals surface area contributed by atoms with Crippen LogP contribution >= 0.6 is 0 Å². The van der Waals surface area contributed by atoms with E-state index in [1.807, 2.05) is 6.07 Å². The normalized spacial score (nSPS) is 18.1. The molecule has 1 saturated heterocycles. The number of likely N-dealkylation sites (tertiary alicyclic amines) is 1. The van der Waals surface area contributed by atoms with Crippen molar-refractivity contribution in [2.45, 2.75) is 19.3 Å². The van der Waals surface area contributed by atoms with Crippen LogP contribution in [0.25, 0.3) is 0 Å². The summed E-state index contributed by atoms with van der Waals surface area (Å²) in [5.41, 5.74) is 6.79. The lowest BCUT2D eigenvalue weighted by atomic mass is 9.97. The molecule has 23 heavy (non-hydrogen) atoms. The molecule has 2 rings (SSSR count). The highest BCUT2D eigenvalue weighted by Crippen LogP contribution is 2.22. The van der Waals surface area contributed by atoms with Crippen LogP contribution in [0.4, 0.5) is 0 Å². The molecule has 1 fully saturated rings. The average Bonchev–Trinajstić information content (AvgIpc) is 2.93. The van der Waals surface area contributed by atoms with Crippen LogP contribution in [0.15, 0.2) is 24.3 Å². The summed E-state index contributed by atoms with van der Waals surface area (Å²) in [4.78, 5) is 25.0. The van der Waals surface area contributed by atoms with Gasteiger partial charge in [0.1, 0.15) is 9.84 Å². The summed E-state index contributed by atoms with van der Waals surface area (Å²) in [6, 6.07) is 7.22. The van der Waals surface area contributed by atoms with Gasteiger partial charge < -0.3 is 10.6 Å². The minimum Gasteiger partial charge on any atom is -0.366 e. The maximum Gasteiger partial charge on any atom is 0.248 e. The molecule has 0 bridgehead atoms. The van der Waals surface area contributed by atoms with E-state index in [0.717, 1.165) is 24.7 Å². The second-order valence-corrected chi connectivity index (χ2v) is 8.40. The van der Waals surface area contributed by atoms with Crippen LogP contribution in [0.5, 0.6) is 0 Å². The van der Waals surface area contributed by atoms with Crippen LogP contribution in [0, 0.1) is 5.92 Å². The molecular weight excluding hydrogens is 316 g/mol. The fourth-order valence-electron chi connectivity index (χ4n) is 2.84. The van der Waals surface area contributed by atoms with E-state index in [2.05, 4.69) is 0 Å². The molecule has 1 atom stereocenters. The van der Waals surface area contributed by atoms with Crippen molar-refractivity contribution in [2.75, 3.05) is 25.1 Å². The topological polar surface area (TPSA) is 97.5 Å². The zero-order valence-corrected chi connectivity index (χ0v) is 14.0. The SMILES string of the molecule is CS(=O)(=O)CCC(=O)N1CC[C@@H](Cc2cccc(C(N)=O)c2)C1. The molecule has 1 aliphatic heterocycles. The van der Waals surface area contributed by atoms with E-state index in [4.69, 9.17) is 5.73 Å². The van der Waals surface area contributed by atoms with Crippen molar-refractivity contribution in [3.05, 3.63) is 35.4 Å². The van der Waals surface area contributed by atoms with E-state index in [-0.39, 0.29) is 18.1 Å². The summed E-state index contributed by atoms with van der Waals surface area (Å²) in [6.07, 6.45) is 2.84. The third-order valence-electron chi connectivity index (χ3n) is 4.06. The molecule has 1 aliphatic rings. The minimum atomic E-state index is -3.12. The van der Waals surface area contributed by atoms with Crippen LogP contribution < -0.4 is 5.73 Å². The van der Waals surface area contributed by atoms with Gasteiger partial charge in [-0.3, -0.25) is 9.59 Å². The summed E-state index contributed by atoms with van der Waals surface area (Å²) >= 11 is 0. The van der Waals surface area contributed by atoms with Crippen molar-refractivity contribution in [1.82, 2.24) is 4.90 Å². The maximum atomic E-state index is 12.0. The lowest BCUT2D eigenvalue weighted by Crippen LogP contribution is -2.30. The molecule has 6 nitrogen and oxygen atoms in total. The average molecular weight is 338 g/mol. The Hall–Kier alpha value is -1.89. The summed E-state index contributed by atoms with van der Waals surface area (Å²) < 4.78 is 22.3. The highest BCUT2D eigenvalue weighted by atomic mass is 32.2. The van der Waals surface area contributed by atoms with Gasteiger partial charge >= 0.3 is 0 Å². The summed E-state index contributed by atoms with van der Waals surface area (Å²) in [5, 5.41) is 0. The molecule has 1 heterocycles. The van der Waals surface area contributed by atoms with Gasteiger partial charge in [0.15, 0.2) is 0 Å². The van der Waals surface area contributed by atoms with E-state index in [9.17, 15) is 18.0 Å². The Kier molecular flexibility index (Phi) is 5.41. The molecule has 126 valence electrons. The van der Waals surface area contributed by atoms with E-state index in [1.54, 1.807) is 23.1 Å². The molecule has 0 radical (unpaired) electrons. The van der Waals surface area contributed by atoms with Crippen LogP contribution in [0.2, 0.25) is 0 Å². The van der Waals surface area contributed by atoms with E-state index < -0.39 is 15.7 Å². The van der Waals surface area contributed by atoms with Crippen molar-refractivity contribution < 1.29 is 18.0 Å². The monoisotopic (exact) mass is 338 g/mol. The van der Waals surface area contributed by atoms with Crippen molar-refractivity contribution in [3.8, 4) is 0 Å². The fourth-order valence-corrected chi connectivity index (χ4v) is 3.39. The van der Waals surface area contributed by atoms with Crippen LogP contribution in [0.3, 0.4) is 0 Å². The van der Waals surface area contributed by atoms with Crippen molar-refractivity contribution in [1.29, 1.82) is 0 Å². The number of carbonyl (C=O) groups excluding carboxylic acids is 2. The largest absolute Gasteiger partial charge is 0.366 e. The van der Waals surface area contributed by atoms with Gasteiger partial charge in [0.2, 0.25) is 11.8 Å². The van der Waals surface area contributed by atoms with Crippen LogP contribution in [-0.4, -0.2) is 50.2 Å². The van der Waals surface area contributed by atoms with E-state index in [0.29, 0.717) is 24.6 Å². The molecule has 2 amide bonds. The van der Waals surface area contributed by atoms with Gasteiger partial charge in [-0.15, -0.1) is 0 Å². The molecule has 0 unspecified atom stereocenters. The Morgan fingerprint density at radius 3 is 2.74 bits per heavy atom. The smallest absolute Gasteiger partial charge is 0.248 e. The first kappa shape index (κ1) is 17.5. The van der Waals surface area contributed by atoms with Gasteiger partial charge in [-0.2, -0.15) is 0 Å². The number of nitrogens with zero attached hydrogens (tertiary/aromatic N) is 1. The number of carbonyl (C=O) groups is 2. The number of rotatable bonds is 6. The molecule has 7 heteroatoms. The highest BCUT2D eigenvalue weighted by molar-refractivity contribution is 7.90. The highest BCUT2D eigenvalue weighted by Gasteiger charge is 2.26. The van der Waals surface area contributed by atoms with Crippen LogP contribution in [-0.2, 0) is 21.1 Å². The Morgan fingerprint density at radius 1 is 1.35 bits per heavy atom. The number of amides is 2. The second-order valence-electron chi connectivity index (χ2n) is 6.14. The first-order chi connectivity index (χ1) is 10.7. The van der Waals surface area contributed by atoms with Gasteiger partial charge in [-0.05, 0) is 36.5 Å². The summed E-state index contributed by atoms with van der Waals surface area (Å²) in [6.45, 7) is 1.28. The predicted octanol–water partition coefficient (Wildman–Crippen LogP) is 0.611. The molecule has 1 aromatic rings. The number of nitrogens with two attached hydrogens (primary N) is 1.